The van der Waals surface area contributed by atoms with Gasteiger partial charge in [0.25, 0.3) is 0 Å². The molecule has 1 saturated heterocycles. The van der Waals surface area contributed by atoms with Crippen molar-refractivity contribution in [1.29, 1.82) is 5.26 Å². The summed E-state index contributed by atoms with van der Waals surface area (Å²) in [5.41, 5.74) is 4.37. The number of hydrogen-bond donors (Lipinski definition) is 0. The molecule has 178 valence electrons. The highest BCUT2D eigenvalue weighted by Crippen LogP contribution is 2.32. The number of imidazole rings is 1. The summed E-state index contributed by atoms with van der Waals surface area (Å²) in [6.07, 6.45) is 4.19. The number of para-hydroxylation sites is 2. The molecule has 7 heteroatoms. The molecule has 36 heavy (non-hydrogen) atoms. The van der Waals surface area contributed by atoms with Crippen molar-refractivity contribution >= 4 is 11.6 Å². The van der Waals surface area contributed by atoms with Crippen molar-refractivity contribution < 1.29 is 9.53 Å². The number of carbonyl (C=O) groups excluding carboxylic acids is 1. The molecule has 4 aromatic rings. The number of piperazine rings is 1. The molecule has 1 fully saturated rings. The highest BCUT2D eigenvalue weighted by atomic mass is 16.5. The maximum Gasteiger partial charge on any atom is 0.244 e. The first-order chi connectivity index (χ1) is 17.7. The SMILES string of the molecule is N#Cc1ccc2cc1Oc1ccccc1CC1C(=O)N(c3ccccc3)CCN1Cc1cncn1C2. The number of benzene rings is 3. The molecule has 0 radical (unpaired) electrons. The van der Waals surface area contributed by atoms with E-state index in [-0.39, 0.29) is 11.9 Å². The highest BCUT2D eigenvalue weighted by Gasteiger charge is 2.36. The zero-order valence-electron chi connectivity index (χ0n) is 19.7. The van der Waals surface area contributed by atoms with Gasteiger partial charge in [-0.25, -0.2) is 4.98 Å². The minimum Gasteiger partial charge on any atom is -0.456 e. The Balaban J connectivity index is 1.45. The second-order valence-electron chi connectivity index (χ2n) is 9.18. The molecule has 1 unspecified atom stereocenters. The summed E-state index contributed by atoms with van der Waals surface area (Å²) in [6, 6.07) is 25.2. The minimum absolute atomic E-state index is 0.0708. The van der Waals surface area contributed by atoms with Crippen molar-refractivity contribution in [3.05, 3.63) is 108 Å². The Kier molecular flexibility index (Phi) is 5.72. The van der Waals surface area contributed by atoms with Gasteiger partial charge in [0.15, 0.2) is 0 Å². The van der Waals surface area contributed by atoms with E-state index in [2.05, 4.69) is 20.5 Å². The van der Waals surface area contributed by atoms with E-state index in [1.54, 1.807) is 6.07 Å². The Labute approximate surface area is 209 Å². The van der Waals surface area contributed by atoms with Gasteiger partial charge in [0.05, 0.1) is 23.6 Å². The van der Waals surface area contributed by atoms with E-state index >= 15 is 0 Å². The normalized spacial score (nSPS) is 17.8. The number of hydrogen-bond acceptors (Lipinski definition) is 5. The zero-order valence-corrected chi connectivity index (χ0v) is 19.7. The number of anilines is 1. The van der Waals surface area contributed by atoms with Gasteiger partial charge in [-0.1, -0.05) is 42.5 Å². The van der Waals surface area contributed by atoms with Gasteiger partial charge in [0.1, 0.15) is 17.6 Å². The van der Waals surface area contributed by atoms with Crippen LogP contribution in [0.4, 0.5) is 5.69 Å². The fraction of sp³-hybridized carbons (Fsp3) is 0.207. The quantitative estimate of drug-likeness (QED) is 0.409. The van der Waals surface area contributed by atoms with E-state index in [0.717, 1.165) is 29.1 Å². The molecule has 2 aliphatic heterocycles. The van der Waals surface area contributed by atoms with Crippen LogP contribution < -0.4 is 9.64 Å². The summed E-state index contributed by atoms with van der Waals surface area (Å²) in [7, 11) is 0. The van der Waals surface area contributed by atoms with Gasteiger partial charge in [0.2, 0.25) is 5.91 Å². The van der Waals surface area contributed by atoms with Crippen LogP contribution >= 0.6 is 0 Å². The second kappa shape index (κ2) is 9.33. The van der Waals surface area contributed by atoms with Gasteiger partial charge in [-0.05, 0) is 41.5 Å². The van der Waals surface area contributed by atoms with Gasteiger partial charge in [0, 0.05) is 44.5 Å². The third-order valence-corrected chi connectivity index (χ3v) is 6.96. The number of aromatic nitrogens is 2. The molecule has 0 spiro atoms. The summed E-state index contributed by atoms with van der Waals surface area (Å²) < 4.78 is 8.44. The molecule has 1 atom stereocenters. The maximum atomic E-state index is 13.9. The minimum atomic E-state index is -0.369. The standard InChI is InChI=1S/C29H25N5O2/c30-16-23-11-10-21-14-28(23)36-27-9-5-4-6-22(27)15-26-29(35)34(24-7-2-1-3-8-24)13-12-32(26)19-25-17-31-20-33(25)18-21/h1-11,14,17,20,26H,12-13,15,18-19H2. The maximum absolute atomic E-state index is 13.9. The van der Waals surface area contributed by atoms with Crippen LogP contribution in [0.25, 0.3) is 0 Å². The van der Waals surface area contributed by atoms with Crippen LogP contribution in [0.5, 0.6) is 11.5 Å². The summed E-state index contributed by atoms with van der Waals surface area (Å²) >= 11 is 0. The van der Waals surface area contributed by atoms with Crippen molar-refractivity contribution in [2.75, 3.05) is 18.0 Å². The summed E-state index contributed by atoms with van der Waals surface area (Å²) in [5.74, 6) is 1.25. The van der Waals surface area contributed by atoms with Crippen molar-refractivity contribution in [2.24, 2.45) is 0 Å². The number of carbonyl (C=O) groups is 1. The smallest absolute Gasteiger partial charge is 0.244 e. The molecular formula is C29H25N5O2. The monoisotopic (exact) mass is 475 g/mol. The van der Waals surface area contributed by atoms with E-state index in [0.29, 0.717) is 43.1 Å². The third kappa shape index (κ3) is 4.12. The molecule has 7 nitrogen and oxygen atoms in total. The fourth-order valence-electron chi connectivity index (χ4n) is 5.07. The molecule has 3 heterocycles. The summed E-state index contributed by atoms with van der Waals surface area (Å²) in [5, 5.41) is 9.70. The number of nitriles is 1. The average molecular weight is 476 g/mol. The average Bonchev–Trinajstić information content (AvgIpc) is 3.34. The lowest BCUT2D eigenvalue weighted by Gasteiger charge is -2.41. The van der Waals surface area contributed by atoms with Gasteiger partial charge >= 0.3 is 0 Å². The molecule has 0 N–H and O–H groups in total. The molecule has 1 aromatic heterocycles. The highest BCUT2D eigenvalue weighted by molar-refractivity contribution is 5.98. The molecule has 6 rings (SSSR count). The number of nitrogens with zero attached hydrogens (tertiary/aromatic N) is 5. The Morgan fingerprint density at radius 3 is 2.64 bits per heavy atom. The fourth-order valence-corrected chi connectivity index (χ4v) is 5.07. The van der Waals surface area contributed by atoms with Crippen LogP contribution in [0, 0.1) is 11.3 Å². The number of fused-ring (bicyclic) bond motifs is 5. The molecular weight excluding hydrogens is 450 g/mol. The lowest BCUT2D eigenvalue weighted by Crippen LogP contribution is -2.57. The van der Waals surface area contributed by atoms with E-state index in [1.165, 1.54) is 0 Å². The van der Waals surface area contributed by atoms with Crippen LogP contribution in [0.2, 0.25) is 0 Å². The molecule has 2 aliphatic rings. The largest absolute Gasteiger partial charge is 0.456 e. The number of ether oxygens (including phenoxy) is 1. The second-order valence-corrected chi connectivity index (χ2v) is 9.18. The Bertz CT molecular complexity index is 1460. The summed E-state index contributed by atoms with van der Waals surface area (Å²) in [6.45, 7) is 2.58. The van der Waals surface area contributed by atoms with Gasteiger partial charge in [-0.3, -0.25) is 9.69 Å². The topological polar surface area (TPSA) is 74.4 Å². The lowest BCUT2D eigenvalue weighted by molar-refractivity contribution is -0.126. The van der Waals surface area contributed by atoms with Crippen molar-refractivity contribution in [3.8, 4) is 17.6 Å². The van der Waals surface area contributed by atoms with E-state index in [9.17, 15) is 10.1 Å². The van der Waals surface area contributed by atoms with E-state index < -0.39 is 0 Å². The van der Waals surface area contributed by atoms with E-state index in [4.69, 9.17) is 4.74 Å². The van der Waals surface area contributed by atoms with Gasteiger partial charge in [-0.15, -0.1) is 0 Å². The molecule has 0 aliphatic carbocycles. The van der Waals surface area contributed by atoms with Crippen molar-refractivity contribution in [3.63, 3.8) is 0 Å². The molecule has 1 amide bonds. The van der Waals surface area contributed by atoms with Crippen molar-refractivity contribution in [1.82, 2.24) is 14.5 Å². The van der Waals surface area contributed by atoms with Crippen molar-refractivity contribution in [2.45, 2.75) is 25.6 Å². The van der Waals surface area contributed by atoms with Gasteiger partial charge < -0.3 is 14.2 Å². The Morgan fingerprint density at radius 1 is 0.944 bits per heavy atom. The third-order valence-electron chi connectivity index (χ3n) is 6.96. The lowest BCUT2D eigenvalue weighted by atomic mass is 9.99. The van der Waals surface area contributed by atoms with Crippen LogP contribution in [0.1, 0.15) is 22.4 Å². The molecule has 0 saturated carbocycles. The molecule has 3 aromatic carbocycles. The number of amides is 1. The predicted molar refractivity (Wildman–Crippen MR) is 136 cm³/mol. The van der Waals surface area contributed by atoms with Gasteiger partial charge in [-0.2, -0.15) is 5.26 Å². The number of rotatable bonds is 1. The predicted octanol–water partition coefficient (Wildman–Crippen LogP) is 4.37. The Morgan fingerprint density at radius 2 is 1.78 bits per heavy atom. The van der Waals surface area contributed by atoms with Crippen LogP contribution in [-0.2, 0) is 24.3 Å². The van der Waals surface area contributed by atoms with E-state index in [1.807, 2.05) is 84.2 Å². The Hall–Kier alpha value is -4.41. The molecule has 2 bridgehead atoms. The first-order valence-electron chi connectivity index (χ1n) is 12.1. The summed E-state index contributed by atoms with van der Waals surface area (Å²) in [4.78, 5) is 22.5. The van der Waals surface area contributed by atoms with Crippen LogP contribution in [0.3, 0.4) is 0 Å². The van der Waals surface area contributed by atoms with Crippen LogP contribution in [-0.4, -0.2) is 39.5 Å². The zero-order chi connectivity index (χ0) is 24.5. The first-order valence-corrected chi connectivity index (χ1v) is 12.1. The van der Waals surface area contributed by atoms with Crippen LogP contribution in [0.15, 0.2) is 85.3 Å². The first kappa shape index (κ1) is 22.1.